The Kier molecular flexibility index (Phi) is 6.46. The zero-order valence-electron chi connectivity index (χ0n) is 20.1. The van der Waals surface area contributed by atoms with E-state index in [9.17, 15) is 19.6 Å². The molecule has 6 nitrogen and oxygen atoms in total. The third-order valence-corrected chi connectivity index (χ3v) is 8.73. The Balaban J connectivity index is 1.66. The fraction of sp³-hybridized carbons (Fsp3) is 0.310. The lowest BCUT2D eigenvalue weighted by atomic mass is 9.80. The summed E-state index contributed by atoms with van der Waals surface area (Å²) in [5, 5.41) is 10.2. The first-order valence-corrected chi connectivity index (χ1v) is 13.1. The van der Waals surface area contributed by atoms with Crippen LogP contribution in [-0.2, 0) is 22.4 Å². The van der Waals surface area contributed by atoms with Crippen LogP contribution in [0, 0.1) is 18.3 Å². The highest BCUT2D eigenvalue weighted by atomic mass is 32.1. The van der Waals surface area contributed by atoms with Gasteiger partial charge in [0.15, 0.2) is 0 Å². The third kappa shape index (κ3) is 4.02. The number of anilines is 1. The minimum atomic E-state index is -0.675. The van der Waals surface area contributed by atoms with Crippen molar-refractivity contribution in [1.82, 2.24) is 0 Å². The van der Waals surface area contributed by atoms with E-state index in [1.54, 1.807) is 6.92 Å². The average Bonchev–Trinajstić information content (AvgIpc) is 3.23. The first-order valence-electron chi connectivity index (χ1n) is 12.3. The summed E-state index contributed by atoms with van der Waals surface area (Å²) in [5.41, 5.74) is 10.2. The number of carbonyl (C=O) groups is 3. The van der Waals surface area contributed by atoms with Crippen LogP contribution in [0.1, 0.15) is 80.6 Å². The van der Waals surface area contributed by atoms with Crippen LogP contribution in [0.2, 0.25) is 0 Å². The van der Waals surface area contributed by atoms with Crippen molar-refractivity contribution in [2.24, 2.45) is 5.73 Å². The Morgan fingerprint density at radius 3 is 1.89 bits per heavy atom. The van der Waals surface area contributed by atoms with E-state index in [-0.39, 0.29) is 27.3 Å². The zero-order chi connectivity index (χ0) is 25.4. The van der Waals surface area contributed by atoms with E-state index in [4.69, 9.17) is 5.73 Å². The fourth-order valence-corrected chi connectivity index (χ4v) is 6.78. The minimum absolute atomic E-state index is 0.156. The second-order valence-corrected chi connectivity index (χ2v) is 10.5. The van der Waals surface area contributed by atoms with Crippen LogP contribution in [-0.4, -0.2) is 17.7 Å². The van der Waals surface area contributed by atoms with Crippen molar-refractivity contribution in [3.8, 4) is 6.07 Å². The van der Waals surface area contributed by atoms with Gasteiger partial charge >= 0.3 is 0 Å². The van der Waals surface area contributed by atoms with Crippen LogP contribution >= 0.6 is 11.3 Å². The quantitative estimate of drug-likeness (QED) is 0.505. The normalized spacial score (nSPS) is 18.4. The van der Waals surface area contributed by atoms with Gasteiger partial charge in [-0.2, -0.15) is 5.26 Å². The Bertz CT molecular complexity index is 1350. The topological polar surface area (TPSA) is 104 Å². The fourth-order valence-electron chi connectivity index (χ4n) is 5.66. The predicted molar refractivity (Wildman–Crippen MR) is 139 cm³/mol. The highest BCUT2D eigenvalue weighted by Crippen LogP contribution is 2.42. The molecular formula is C29H27N3O3S. The molecule has 0 fully saturated rings. The van der Waals surface area contributed by atoms with Gasteiger partial charge in [0.25, 0.3) is 5.91 Å². The number of carbonyl (C=O) groups excluding carboxylic acids is 3. The van der Waals surface area contributed by atoms with Gasteiger partial charge in [-0.25, -0.2) is 4.90 Å². The average molecular weight is 498 g/mol. The van der Waals surface area contributed by atoms with E-state index in [1.807, 2.05) is 48.5 Å². The number of nitriles is 1. The van der Waals surface area contributed by atoms with Crippen LogP contribution in [0.4, 0.5) is 5.00 Å². The van der Waals surface area contributed by atoms with Crippen LogP contribution in [0.25, 0.3) is 0 Å². The zero-order valence-corrected chi connectivity index (χ0v) is 20.9. The molecule has 36 heavy (non-hydrogen) atoms. The number of aryl methyl sites for hydroxylation is 2. The molecule has 0 saturated heterocycles. The molecule has 0 spiro atoms. The standard InChI is InChI=1S/C29H27N3O3S/c1-17-24(16-30)29(36-25(17)26(31)33)32(27(34)22-14-6-10-18-8-2-4-12-20(18)22)28(35)23-15-7-11-19-9-3-5-13-21(19)23/h2-5,8-9,12-13,22-23H,6-7,10-11,14-15H2,1H3,(H2,31,33). The molecule has 0 aliphatic heterocycles. The van der Waals surface area contributed by atoms with Crippen molar-refractivity contribution in [2.75, 3.05) is 4.90 Å². The molecule has 2 aromatic carbocycles. The number of imide groups is 1. The minimum Gasteiger partial charge on any atom is -0.365 e. The van der Waals surface area contributed by atoms with E-state index in [1.165, 1.54) is 4.90 Å². The highest BCUT2D eigenvalue weighted by molar-refractivity contribution is 7.18. The van der Waals surface area contributed by atoms with Gasteiger partial charge in [-0.05, 0) is 73.3 Å². The summed E-state index contributed by atoms with van der Waals surface area (Å²) >= 11 is 0.961. The number of amides is 3. The molecule has 182 valence electrons. The maximum atomic E-state index is 14.3. The molecule has 2 aliphatic carbocycles. The predicted octanol–water partition coefficient (Wildman–Crippen LogP) is 5.13. The van der Waals surface area contributed by atoms with E-state index >= 15 is 0 Å². The van der Waals surface area contributed by atoms with Crippen LogP contribution in [0.5, 0.6) is 0 Å². The van der Waals surface area contributed by atoms with E-state index in [0.29, 0.717) is 18.4 Å². The van der Waals surface area contributed by atoms with Crippen molar-refractivity contribution in [3.63, 3.8) is 0 Å². The lowest BCUT2D eigenvalue weighted by Crippen LogP contribution is -2.44. The largest absolute Gasteiger partial charge is 0.365 e. The Hall–Kier alpha value is -3.76. The summed E-state index contributed by atoms with van der Waals surface area (Å²) in [5.74, 6) is -2.36. The number of thiophene rings is 1. The smallest absolute Gasteiger partial charge is 0.259 e. The van der Waals surface area contributed by atoms with Crippen LogP contribution in [0.15, 0.2) is 48.5 Å². The molecule has 7 heteroatoms. The molecule has 3 aromatic rings. The maximum absolute atomic E-state index is 14.3. The van der Waals surface area contributed by atoms with Gasteiger partial charge in [0.1, 0.15) is 11.1 Å². The molecule has 0 bridgehead atoms. The number of benzene rings is 2. The first-order chi connectivity index (χ1) is 17.4. The molecule has 5 rings (SSSR count). The van der Waals surface area contributed by atoms with Crippen molar-refractivity contribution < 1.29 is 14.4 Å². The number of nitrogens with zero attached hydrogens (tertiary/aromatic N) is 2. The molecule has 2 atom stereocenters. The molecule has 3 amide bonds. The molecule has 0 saturated carbocycles. The van der Waals surface area contributed by atoms with Gasteiger partial charge in [-0.1, -0.05) is 48.5 Å². The lowest BCUT2D eigenvalue weighted by molar-refractivity contribution is -0.128. The number of hydrogen-bond acceptors (Lipinski definition) is 5. The highest BCUT2D eigenvalue weighted by Gasteiger charge is 2.40. The van der Waals surface area contributed by atoms with Crippen LogP contribution < -0.4 is 10.6 Å². The summed E-state index contributed by atoms with van der Waals surface area (Å²) in [7, 11) is 0. The number of rotatable bonds is 4. The molecule has 0 radical (unpaired) electrons. The summed E-state index contributed by atoms with van der Waals surface area (Å²) in [6.07, 6.45) is 4.69. The van der Waals surface area contributed by atoms with Gasteiger partial charge in [0.2, 0.25) is 11.8 Å². The molecule has 2 N–H and O–H groups in total. The Morgan fingerprint density at radius 1 is 0.917 bits per heavy atom. The third-order valence-electron chi connectivity index (χ3n) is 7.44. The van der Waals surface area contributed by atoms with E-state index in [0.717, 1.165) is 59.3 Å². The van der Waals surface area contributed by atoms with Crippen molar-refractivity contribution in [3.05, 3.63) is 86.8 Å². The maximum Gasteiger partial charge on any atom is 0.259 e. The second kappa shape index (κ2) is 9.71. The molecule has 1 heterocycles. The molecule has 2 unspecified atom stereocenters. The van der Waals surface area contributed by atoms with Crippen LogP contribution in [0.3, 0.4) is 0 Å². The monoisotopic (exact) mass is 497 g/mol. The molecule has 1 aromatic heterocycles. The summed E-state index contributed by atoms with van der Waals surface area (Å²) in [6.45, 7) is 1.64. The molecular weight excluding hydrogens is 470 g/mol. The number of primary amides is 1. The Morgan fingerprint density at radius 2 is 1.42 bits per heavy atom. The number of hydrogen-bond donors (Lipinski definition) is 1. The summed E-state index contributed by atoms with van der Waals surface area (Å²) < 4.78 is 0. The van der Waals surface area contributed by atoms with Gasteiger partial charge < -0.3 is 5.73 Å². The van der Waals surface area contributed by atoms with Gasteiger partial charge in [0, 0.05) is 0 Å². The lowest BCUT2D eigenvalue weighted by Gasteiger charge is -2.33. The first kappa shape index (κ1) is 24.0. The van der Waals surface area contributed by atoms with E-state index < -0.39 is 17.7 Å². The number of fused-ring (bicyclic) bond motifs is 2. The van der Waals surface area contributed by atoms with Gasteiger partial charge in [-0.3, -0.25) is 14.4 Å². The van der Waals surface area contributed by atoms with Gasteiger partial charge in [-0.15, -0.1) is 11.3 Å². The van der Waals surface area contributed by atoms with Crippen molar-refractivity contribution in [1.29, 1.82) is 5.26 Å². The second-order valence-electron chi connectivity index (χ2n) is 9.51. The summed E-state index contributed by atoms with van der Waals surface area (Å²) in [4.78, 5) is 42.1. The summed E-state index contributed by atoms with van der Waals surface area (Å²) in [6, 6.07) is 17.8. The van der Waals surface area contributed by atoms with Crippen molar-refractivity contribution in [2.45, 2.75) is 57.3 Å². The van der Waals surface area contributed by atoms with E-state index in [2.05, 4.69) is 6.07 Å². The number of nitrogens with two attached hydrogens (primary N) is 1. The van der Waals surface area contributed by atoms with Gasteiger partial charge in [0.05, 0.1) is 22.3 Å². The Labute approximate surface area is 214 Å². The SMILES string of the molecule is Cc1c(C(N)=O)sc(N(C(=O)C2CCCc3ccccc32)C(=O)C2CCCc3ccccc32)c1C#N. The van der Waals surface area contributed by atoms with Crippen molar-refractivity contribution >= 4 is 34.1 Å². The molecule has 2 aliphatic rings.